The van der Waals surface area contributed by atoms with Crippen LogP contribution in [-0.4, -0.2) is 55.3 Å². The molecule has 2 aromatic heterocycles. The van der Waals surface area contributed by atoms with Gasteiger partial charge in [-0.05, 0) is 32.4 Å². The Hall–Kier alpha value is -2.74. The fourth-order valence-electron chi connectivity index (χ4n) is 2.97. The largest absolute Gasteiger partial charge is 0.453 e. The van der Waals surface area contributed by atoms with E-state index in [0.717, 1.165) is 0 Å². The van der Waals surface area contributed by atoms with Crippen molar-refractivity contribution >= 4 is 17.3 Å². The molecule has 4 N–H and O–H groups in total. The van der Waals surface area contributed by atoms with Crippen molar-refractivity contribution in [3.8, 4) is 0 Å². The van der Waals surface area contributed by atoms with E-state index < -0.39 is 42.0 Å². The Bertz CT molecular complexity index is 936. The van der Waals surface area contributed by atoms with E-state index in [-0.39, 0.29) is 5.82 Å². The third-order valence-corrected chi connectivity index (χ3v) is 5.27. The Morgan fingerprint density at radius 1 is 1.50 bits per heavy atom. The van der Waals surface area contributed by atoms with Gasteiger partial charge in [-0.2, -0.15) is 5.10 Å². The number of nitrogens with zero attached hydrogens (tertiary/aromatic N) is 4. The second-order valence-electron chi connectivity index (χ2n) is 7.44. The topological polar surface area (TPSA) is 137 Å². The quantitative estimate of drug-likeness (QED) is 0.502. The number of rotatable bonds is 5. The van der Waals surface area contributed by atoms with Crippen molar-refractivity contribution in [2.75, 3.05) is 12.3 Å². The van der Waals surface area contributed by atoms with Crippen LogP contribution in [0, 0.1) is 12.0 Å². The van der Waals surface area contributed by atoms with E-state index in [9.17, 15) is 15.0 Å². The fourth-order valence-corrected chi connectivity index (χ4v) is 2.97. The highest BCUT2D eigenvalue weighted by atomic mass is 16.6. The summed E-state index contributed by atoms with van der Waals surface area (Å²) in [6, 6.07) is 3.27. The minimum Gasteiger partial charge on any atom is -0.453 e. The van der Waals surface area contributed by atoms with Crippen LogP contribution in [-0.2, 0) is 14.3 Å². The van der Waals surface area contributed by atoms with E-state index in [1.807, 2.05) is 6.92 Å². The molecular formula is C18H23N5O5. The lowest BCUT2D eigenvalue weighted by atomic mass is 9.90. The first-order valence-electron chi connectivity index (χ1n) is 8.85. The van der Waals surface area contributed by atoms with Gasteiger partial charge in [0.2, 0.25) is 0 Å². The van der Waals surface area contributed by atoms with Crippen molar-refractivity contribution in [1.29, 1.82) is 0 Å². The van der Waals surface area contributed by atoms with Crippen LogP contribution in [0.4, 0.5) is 5.82 Å². The average Bonchev–Trinajstić information content (AvgIpc) is 3.21. The number of esters is 1. The molecule has 150 valence electrons. The van der Waals surface area contributed by atoms with Gasteiger partial charge in [-0.1, -0.05) is 6.92 Å². The maximum Gasteiger partial charge on any atom is 0.400 e. The van der Waals surface area contributed by atoms with Gasteiger partial charge < -0.3 is 20.7 Å². The van der Waals surface area contributed by atoms with Gasteiger partial charge in [0.1, 0.15) is 24.1 Å². The Morgan fingerprint density at radius 2 is 2.21 bits per heavy atom. The monoisotopic (exact) mass is 389 g/mol. The lowest BCUT2D eigenvalue weighted by molar-refractivity contribution is -0.165. The summed E-state index contributed by atoms with van der Waals surface area (Å²) in [6.45, 7) is 12.3. The van der Waals surface area contributed by atoms with Crippen molar-refractivity contribution in [3.05, 3.63) is 35.6 Å². The van der Waals surface area contributed by atoms with Crippen LogP contribution in [0.25, 0.3) is 10.4 Å². The molecule has 1 aliphatic heterocycles. The Morgan fingerprint density at radius 3 is 2.86 bits per heavy atom. The maximum atomic E-state index is 12.3. The SMILES string of the molecule is [C-]#[N+][C@]1(COC(=O)C(C)(C)CC)O[C@@H](c2ccc3c(N)ncnn23)[C@H](O)[C@@H]1O. The molecule has 0 saturated carbocycles. The number of ether oxygens (including phenoxy) is 2. The van der Waals surface area contributed by atoms with Gasteiger partial charge in [0, 0.05) is 0 Å². The average molecular weight is 389 g/mol. The molecule has 1 fully saturated rings. The maximum absolute atomic E-state index is 12.3. The summed E-state index contributed by atoms with van der Waals surface area (Å²) < 4.78 is 12.4. The molecule has 0 radical (unpaired) electrons. The van der Waals surface area contributed by atoms with E-state index in [1.54, 1.807) is 26.0 Å². The molecule has 1 aliphatic rings. The summed E-state index contributed by atoms with van der Waals surface area (Å²) in [6.07, 6.45) is -2.29. The second kappa shape index (κ2) is 7.01. The van der Waals surface area contributed by atoms with E-state index in [4.69, 9.17) is 21.8 Å². The predicted octanol–water partition coefficient (Wildman–Crippen LogP) is 0.700. The number of hydrogen-bond acceptors (Lipinski definition) is 8. The molecular weight excluding hydrogens is 366 g/mol. The number of hydrogen-bond donors (Lipinski definition) is 3. The highest BCUT2D eigenvalue weighted by Crippen LogP contribution is 2.42. The minimum absolute atomic E-state index is 0.237. The number of aliphatic hydroxyl groups excluding tert-OH is 2. The zero-order chi connectivity index (χ0) is 20.7. The third-order valence-electron chi connectivity index (χ3n) is 5.27. The number of carbonyl (C=O) groups is 1. The first kappa shape index (κ1) is 20.0. The zero-order valence-corrected chi connectivity index (χ0v) is 15.9. The summed E-state index contributed by atoms with van der Waals surface area (Å²) in [5, 5.41) is 25.2. The molecule has 10 nitrogen and oxygen atoms in total. The summed E-state index contributed by atoms with van der Waals surface area (Å²) in [5.41, 5.74) is 4.04. The van der Waals surface area contributed by atoms with Gasteiger partial charge in [0.15, 0.2) is 18.5 Å². The molecule has 3 heterocycles. The van der Waals surface area contributed by atoms with Crippen LogP contribution >= 0.6 is 0 Å². The number of carbonyl (C=O) groups excluding carboxylic acids is 1. The van der Waals surface area contributed by atoms with Crippen molar-refractivity contribution in [2.45, 2.75) is 51.2 Å². The molecule has 0 aromatic carbocycles. The van der Waals surface area contributed by atoms with E-state index in [1.165, 1.54) is 10.8 Å². The zero-order valence-electron chi connectivity index (χ0n) is 15.9. The van der Waals surface area contributed by atoms with Gasteiger partial charge in [-0.25, -0.2) is 16.1 Å². The van der Waals surface area contributed by atoms with Crippen LogP contribution in [0.15, 0.2) is 18.5 Å². The second-order valence-corrected chi connectivity index (χ2v) is 7.44. The number of nitrogen functional groups attached to an aromatic ring is 1. The van der Waals surface area contributed by atoms with Crippen molar-refractivity contribution in [1.82, 2.24) is 14.6 Å². The lowest BCUT2D eigenvalue weighted by Crippen LogP contribution is -2.45. The van der Waals surface area contributed by atoms with Crippen molar-refractivity contribution in [3.63, 3.8) is 0 Å². The standard InChI is InChI=1S/C18H23N5O5/c1-5-17(2,3)16(26)27-8-18(20-4)14(25)12(24)13(28-18)10-6-7-11-15(19)21-9-22-23(10)11/h6-7,9,12-14,24-25H,5,8H2,1-3H3,(H2,19,21,22)/t12-,13-,14-,18+/m0/s1. The summed E-state index contributed by atoms with van der Waals surface area (Å²) in [7, 11) is 0. The lowest BCUT2D eigenvalue weighted by Gasteiger charge is -2.24. The molecule has 10 heteroatoms. The van der Waals surface area contributed by atoms with Crippen LogP contribution in [0.2, 0.25) is 0 Å². The first-order chi connectivity index (χ1) is 13.2. The predicted molar refractivity (Wildman–Crippen MR) is 97.6 cm³/mol. The van der Waals surface area contributed by atoms with Crippen LogP contribution in [0.5, 0.6) is 0 Å². The number of aromatic nitrogens is 3. The molecule has 0 spiro atoms. The Kier molecular flexibility index (Phi) is 5.01. The summed E-state index contributed by atoms with van der Waals surface area (Å²) >= 11 is 0. The number of nitrogens with two attached hydrogens (primary N) is 1. The van der Waals surface area contributed by atoms with Gasteiger partial charge in [-0.3, -0.25) is 14.4 Å². The highest BCUT2D eigenvalue weighted by Gasteiger charge is 2.62. The molecule has 3 rings (SSSR count). The van der Waals surface area contributed by atoms with Crippen LogP contribution in [0.3, 0.4) is 0 Å². The van der Waals surface area contributed by atoms with Gasteiger partial charge in [0.25, 0.3) is 0 Å². The first-order valence-corrected chi connectivity index (χ1v) is 8.85. The molecule has 0 amide bonds. The van der Waals surface area contributed by atoms with Crippen molar-refractivity contribution in [2.24, 2.45) is 5.41 Å². The number of fused-ring (bicyclic) bond motifs is 1. The molecule has 2 aromatic rings. The summed E-state index contributed by atoms with van der Waals surface area (Å²) in [4.78, 5) is 19.5. The van der Waals surface area contributed by atoms with E-state index >= 15 is 0 Å². The summed E-state index contributed by atoms with van der Waals surface area (Å²) in [5.74, 6) is -0.276. The van der Waals surface area contributed by atoms with Gasteiger partial charge in [-0.15, -0.1) is 0 Å². The Balaban J connectivity index is 1.88. The molecule has 28 heavy (non-hydrogen) atoms. The van der Waals surface area contributed by atoms with E-state index in [2.05, 4.69) is 14.9 Å². The number of aliphatic hydroxyl groups is 2. The van der Waals surface area contributed by atoms with E-state index in [0.29, 0.717) is 17.6 Å². The highest BCUT2D eigenvalue weighted by molar-refractivity contribution is 5.75. The van der Waals surface area contributed by atoms with Crippen LogP contribution < -0.4 is 5.73 Å². The van der Waals surface area contributed by atoms with Gasteiger partial charge in [0.05, 0.1) is 11.1 Å². The van der Waals surface area contributed by atoms with Crippen LogP contribution in [0.1, 0.15) is 39.0 Å². The molecule has 0 unspecified atom stereocenters. The van der Waals surface area contributed by atoms with Crippen molar-refractivity contribution < 1.29 is 24.5 Å². The number of anilines is 1. The van der Waals surface area contributed by atoms with Gasteiger partial charge >= 0.3 is 11.7 Å². The fraction of sp³-hybridized carbons (Fsp3) is 0.556. The Labute approximate surface area is 161 Å². The molecule has 0 aliphatic carbocycles. The smallest absolute Gasteiger partial charge is 0.400 e. The molecule has 0 bridgehead atoms. The normalized spacial score (nSPS) is 27.6. The molecule has 4 atom stereocenters. The minimum atomic E-state index is -1.92. The third kappa shape index (κ3) is 3.07. The molecule has 1 saturated heterocycles.